The number of carboxylic acids is 1. The maximum atomic E-state index is 14.0. The van der Waals surface area contributed by atoms with E-state index in [4.69, 9.17) is 14.7 Å². The van der Waals surface area contributed by atoms with Crippen LogP contribution in [0.1, 0.15) is 49.4 Å². The van der Waals surface area contributed by atoms with Crippen molar-refractivity contribution in [2.24, 2.45) is 13.0 Å². The van der Waals surface area contributed by atoms with Crippen LogP contribution < -0.4 is 44.3 Å². The predicted octanol–water partition coefficient (Wildman–Crippen LogP) is 1.53. The van der Waals surface area contributed by atoms with Crippen LogP contribution in [0.25, 0.3) is 17.3 Å². The number of aryl methyl sites for hydroxylation is 1. The smallest absolute Gasteiger partial charge is 0.550 e. The van der Waals surface area contributed by atoms with E-state index >= 15 is 0 Å². The number of allylic oxidation sites excluding steroid dienone is 1. The van der Waals surface area contributed by atoms with Crippen molar-refractivity contribution in [1.29, 1.82) is 5.26 Å². The second kappa shape index (κ2) is 16.3. The van der Waals surface area contributed by atoms with Crippen molar-refractivity contribution >= 4 is 23.8 Å². The zero-order valence-electron chi connectivity index (χ0n) is 26.0. The van der Waals surface area contributed by atoms with Gasteiger partial charge in [-0.3, -0.25) is 9.58 Å². The summed E-state index contributed by atoms with van der Waals surface area (Å²) >= 11 is 0. The molecule has 0 bridgehead atoms. The number of hydrogen-bond acceptors (Lipinski definition) is 9. The number of anilines is 2. The SMILES string of the molecule is COc1ccc(CN(c2nc(-c3ccc(F)cc3)c(/C=C/[C@@H](C#N)C[C@@H](O)CC(=O)[O-])c(C(C)C)n2)c2ccnn2C)cc1.[Na+]. The molecule has 0 aliphatic heterocycles. The van der Waals surface area contributed by atoms with Crippen molar-refractivity contribution in [3.05, 3.63) is 89.5 Å². The largest absolute Gasteiger partial charge is 1.00 e. The number of nitrogens with zero attached hydrogens (tertiary/aromatic N) is 6. The number of hydrogen-bond donors (Lipinski definition) is 1. The number of rotatable bonds is 13. The van der Waals surface area contributed by atoms with E-state index in [1.165, 1.54) is 12.1 Å². The van der Waals surface area contributed by atoms with Gasteiger partial charge in [-0.15, -0.1) is 0 Å². The molecule has 2 atom stereocenters. The molecule has 0 aliphatic carbocycles. The monoisotopic (exact) mass is 620 g/mol. The van der Waals surface area contributed by atoms with Crippen molar-refractivity contribution in [3.63, 3.8) is 0 Å². The summed E-state index contributed by atoms with van der Waals surface area (Å²) in [5, 5.41) is 35.1. The van der Waals surface area contributed by atoms with Gasteiger partial charge in [0.15, 0.2) is 0 Å². The fourth-order valence-corrected chi connectivity index (χ4v) is 4.78. The van der Waals surface area contributed by atoms with Gasteiger partial charge in [0, 0.05) is 36.6 Å². The predicted molar refractivity (Wildman–Crippen MR) is 162 cm³/mol. The van der Waals surface area contributed by atoms with Crippen LogP contribution in [-0.2, 0) is 18.4 Å². The number of aliphatic hydroxyl groups excluding tert-OH is 1. The number of aliphatic carboxylic acids is 1. The number of carboxylic acid groups (broad SMARTS) is 1. The molecule has 0 aliphatic rings. The summed E-state index contributed by atoms with van der Waals surface area (Å²) < 4.78 is 21.0. The van der Waals surface area contributed by atoms with Crippen molar-refractivity contribution in [2.75, 3.05) is 12.0 Å². The molecule has 0 radical (unpaired) electrons. The number of aromatic nitrogens is 4. The Hall–Kier alpha value is -4.08. The number of benzene rings is 2. The molecule has 12 heteroatoms. The topological polar surface area (TPSA) is 140 Å². The third-order valence-corrected chi connectivity index (χ3v) is 7.03. The van der Waals surface area contributed by atoms with Gasteiger partial charge in [-0.05, 0) is 54.3 Å². The molecule has 0 unspecified atom stereocenters. The minimum atomic E-state index is -1.39. The van der Waals surface area contributed by atoms with Crippen LogP contribution in [0.2, 0.25) is 0 Å². The fourth-order valence-electron chi connectivity index (χ4n) is 4.78. The Morgan fingerprint density at radius 3 is 2.40 bits per heavy atom. The molecule has 0 amide bonds. The van der Waals surface area contributed by atoms with Crippen LogP contribution in [0.4, 0.5) is 16.2 Å². The normalized spacial score (nSPS) is 12.4. The molecule has 4 aromatic rings. The van der Waals surface area contributed by atoms with Crippen molar-refractivity contribution < 1.29 is 53.7 Å². The van der Waals surface area contributed by atoms with Gasteiger partial charge in [-0.2, -0.15) is 10.4 Å². The number of aliphatic hydroxyl groups is 1. The molecule has 0 saturated carbocycles. The Kier molecular flexibility index (Phi) is 12.8. The first-order valence-electron chi connectivity index (χ1n) is 14.1. The first kappa shape index (κ1) is 35.4. The average Bonchev–Trinajstić information content (AvgIpc) is 3.43. The van der Waals surface area contributed by atoms with E-state index in [1.807, 2.05) is 56.1 Å². The first-order chi connectivity index (χ1) is 21.1. The summed E-state index contributed by atoms with van der Waals surface area (Å²) in [4.78, 5) is 22.9. The van der Waals surface area contributed by atoms with Gasteiger partial charge in [0.1, 0.15) is 17.4 Å². The van der Waals surface area contributed by atoms with Crippen LogP contribution in [-0.4, -0.2) is 44.0 Å². The number of ether oxygens (including phenoxy) is 1. The van der Waals surface area contributed by atoms with Crippen LogP contribution in [0, 0.1) is 23.1 Å². The number of carbonyl (C=O) groups excluding carboxylic acids is 1. The van der Waals surface area contributed by atoms with Crippen molar-refractivity contribution in [2.45, 2.75) is 45.3 Å². The molecule has 10 nitrogen and oxygen atoms in total. The number of carbonyl (C=O) groups is 1. The third-order valence-electron chi connectivity index (χ3n) is 7.03. The average molecular weight is 621 g/mol. The molecule has 0 spiro atoms. The third kappa shape index (κ3) is 9.22. The molecule has 4 rings (SSSR count). The zero-order chi connectivity index (χ0) is 31.8. The summed E-state index contributed by atoms with van der Waals surface area (Å²) in [6, 6.07) is 17.6. The van der Waals surface area contributed by atoms with E-state index in [2.05, 4.69) is 11.2 Å². The molecule has 45 heavy (non-hydrogen) atoms. The van der Waals surface area contributed by atoms with Crippen molar-refractivity contribution in [1.82, 2.24) is 19.7 Å². The Bertz CT molecular complexity index is 1650. The van der Waals surface area contributed by atoms with E-state index in [9.17, 15) is 24.7 Å². The summed E-state index contributed by atoms with van der Waals surface area (Å²) in [6.45, 7) is 4.38. The Balaban J connectivity index is 0.00000552. The molecule has 0 saturated heterocycles. The molecule has 228 valence electrons. The van der Waals surface area contributed by atoms with Gasteiger partial charge < -0.3 is 19.7 Å². The first-order valence-corrected chi connectivity index (χ1v) is 14.1. The minimum absolute atomic E-state index is 0. The van der Waals surface area contributed by atoms with E-state index in [0.717, 1.165) is 17.1 Å². The number of methoxy groups -OCH3 is 1. The Labute approximate surface area is 284 Å². The fraction of sp³-hybridized carbons (Fsp3) is 0.303. The van der Waals surface area contributed by atoms with E-state index in [-0.39, 0.29) is 41.9 Å². The molecular formula is C33H34FN6NaO4. The van der Waals surface area contributed by atoms with E-state index in [1.54, 1.807) is 42.3 Å². The summed E-state index contributed by atoms with van der Waals surface area (Å²) in [7, 11) is 3.44. The van der Waals surface area contributed by atoms with Gasteiger partial charge in [-0.1, -0.05) is 38.1 Å². The number of halogens is 1. The molecule has 0 fully saturated rings. The molecule has 1 N–H and O–H groups in total. The van der Waals surface area contributed by atoms with Gasteiger partial charge in [0.05, 0.1) is 49.3 Å². The maximum Gasteiger partial charge on any atom is 1.00 e. The Morgan fingerprint density at radius 2 is 1.84 bits per heavy atom. The molecule has 2 aromatic carbocycles. The van der Waals surface area contributed by atoms with Crippen molar-refractivity contribution in [3.8, 4) is 23.1 Å². The van der Waals surface area contributed by atoms with Gasteiger partial charge >= 0.3 is 29.6 Å². The summed E-state index contributed by atoms with van der Waals surface area (Å²) in [6.07, 6.45) is 3.12. The second-order valence-electron chi connectivity index (χ2n) is 10.6. The van der Waals surface area contributed by atoms with Crippen LogP contribution in [0.3, 0.4) is 0 Å². The summed E-state index contributed by atoms with van der Waals surface area (Å²) in [5.74, 6) is -0.791. The maximum absolute atomic E-state index is 14.0. The standard InChI is InChI=1S/C33H35FN6O4.Na/c1-21(2)31-28(14-7-23(19-35)17-26(41)18-30(42)43)32(24-8-10-25(34)11-9-24)38-33(37-31)40(29-15-16-36-39(29)3)20-22-5-12-27(44-4)13-6-22;/h5-16,21,23,26,41H,17-18,20H2,1-4H3,(H,42,43);/q;+1/p-1/b14-7+;/t23-,26-;/m1./s1. The van der Waals surface area contributed by atoms with Gasteiger partial charge in [0.25, 0.3) is 0 Å². The summed E-state index contributed by atoms with van der Waals surface area (Å²) in [5.41, 5.74) is 3.43. The number of nitriles is 1. The Morgan fingerprint density at radius 1 is 1.16 bits per heavy atom. The quantitative estimate of drug-likeness (QED) is 0.221. The van der Waals surface area contributed by atoms with Crippen LogP contribution in [0.5, 0.6) is 5.75 Å². The molecular weight excluding hydrogens is 586 g/mol. The molecule has 2 aromatic heterocycles. The molecule has 2 heterocycles. The second-order valence-corrected chi connectivity index (χ2v) is 10.6. The van der Waals surface area contributed by atoms with Gasteiger partial charge in [0.2, 0.25) is 5.95 Å². The van der Waals surface area contributed by atoms with Crippen LogP contribution in [0.15, 0.2) is 66.9 Å². The van der Waals surface area contributed by atoms with Gasteiger partial charge in [-0.25, -0.2) is 14.4 Å². The van der Waals surface area contributed by atoms with E-state index < -0.39 is 30.2 Å². The minimum Gasteiger partial charge on any atom is -0.550 e. The van der Waals surface area contributed by atoms with Crippen LogP contribution >= 0.6 is 0 Å². The van der Waals surface area contributed by atoms with E-state index in [0.29, 0.717) is 35.0 Å². The zero-order valence-corrected chi connectivity index (χ0v) is 28.0.